The maximum Gasteiger partial charge on any atom is 0.407 e. The standard InChI is InChI=1S/C25H25N5O5/c1-15(10-23(31)30-12-22-28-26-14-29(22)11-21(30)24(32)33)27-25(34)35-13-20-18-8-4-2-6-16(18)17-7-3-5-9-19(17)20/h2-9,14-15,20-21H,10-13H2,1H3,(H,27,34)(H,32,33). The van der Waals surface area contributed by atoms with Gasteiger partial charge in [-0.2, -0.15) is 0 Å². The van der Waals surface area contributed by atoms with Gasteiger partial charge in [-0.25, -0.2) is 9.59 Å². The van der Waals surface area contributed by atoms with Gasteiger partial charge in [0.05, 0.1) is 13.1 Å². The molecule has 2 N–H and O–H groups in total. The molecule has 0 radical (unpaired) electrons. The highest BCUT2D eigenvalue weighted by molar-refractivity contribution is 5.84. The molecule has 0 bridgehead atoms. The van der Waals surface area contributed by atoms with Crippen LogP contribution in [0.15, 0.2) is 54.9 Å². The molecule has 0 saturated carbocycles. The molecule has 3 aromatic rings. The van der Waals surface area contributed by atoms with Crippen molar-refractivity contribution < 1.29 is 24.2 Å². The Kier molecular flexibility index (Phi) is 5.94. The summed E-state index contributed by atoms with van der Waals surface area (Å²) in [5, 5.41) is 20.0. The lowest BCUT2D eigenvalue weighted by Crippen LogP contribution is -2.51. The van der Waals surface area contributed by atoms with Gasteiger partial charge < -0.3 is 24.6 Å². The number of carboxylic acids is 1. The van der Waals surface area contributed by atoms with Crippen LogP contribution < -0.4 is 5.32 Å². The van der Waals surface area contributed by atoms with E-state index in [0.717, 1.165) is 22.3 Å². The molecule has 1 aliphatic carbocycles. The minimum absolute atomic E-state index is 0.0491. The Labute approximate surface area is 201 Å². The minimum Gasteiger partial charge on any atom is -0.480 e. The van der Waals surface area contributed by atoms with Crippen LogP contribution in [0.3, 0.4) is 0 Å². The van der Waals surface area contributed by atoms with Crippen molar-refractivity contribution in [3.8, 4) is 11.1 Å². The second kappa shape index (κ2) is 9.21. The van der Waals surface area contributed by atoms with E-state index < -0.39 is 30.1 Å². The molecule has 0 fully saturated rings. The van der Waals surface area contributed by atoms with Gasteiger partial charge in [0, 0.05) is 18.4 Å². The largest absolute Gasteiger partial charge is 0.480 e. The number of nitrogens with one attached hydrogen (secondary N) is 1. The lowest BCUT2D eigenvalue weighted by Gasteiger charge is -2.33. The highest BCUT2D eigenvalue weighted by Gasteiger charge is 2.36. The SMILES string of the molecule is CC(CC(=O)N1Cc2nncn2CC1C(=O)O)NC(=O)OCC1c2ccccc2-c2ccccc21. The molecule has 35 heavy (non-hydrogen) atoms. The number of carbonyl (C=O) groups is 3. The first kappa shape index (κ1) is 22.6. The van der Waals surface area contributed by atoms with Crippen molar-refractivity contribution >= 4 is 18.0 Å². The van der Waals surface area contributed by atoms with Gasteiger partial charge in [-0.3, -0.25) is 4.79 Å². The van der Waals surface area contributed by atoms with E-state index in [9.17, 15) is 19.5 Å². The molecule has 5 rings (SSSR count). The number of aromatic nitrogens is 3. The van der Waals surface area contributed by atoms with Gasteiger partial charge in [-0.15, -0.1) is 10.2 Å². The smallest absolute Gasteiger partial charge is 0.407 e. The van der Waals surface area contributed by atoms with Crippen LogP contribution in [0.4, 0.5) is 4.79 Å². The van der Waals surface area contributed by atoms with Crippen LogP contribution in [0, 0.1) is 0 Å². The van der Waals surface area contributed by atoms with E-state index in [2.05, 4.69) is 27.6 Å². The fourth-order valence-corrected chi connectivity index (χ4v) is 4.85. The molecule has 1 aliphatic heterocycles. The first-order chi connectivity index (χ1) is 16.9. The van der Waals surface area contributed by atoms with Crippen LogP contribution in [0.5, 0.6) is 0 Å². The van der Waals surface area contributed by atoms with Gasteiger partial charge in [0.15, 0.2) is 5.82 Å². The number of benzene rings is 2. The average molecular weight is 476 g/mol. The molecule has 2 aromatic carbocycles. The van der Waals surface area contributed by atoms with Gasteiger partial charge in [0.1, 0.15) is 19.0 Å². The Hall–Kier alpha value is -4.21. The zero-order valence-corrected chi connectivity index (χ0v) is 19.1. The van der Waals surface area contributed by atoms with Crippen molar-refractivity contribution in [2.24, 2.45) is 0 Å². The van der Waals surface area contributed by atoms with Crippen LogP contribution in [0.1, 0.15) is 36.2 Å². The molecule has 2 unspecified atom stereocenters. The topological polar surface area (TPSA) is 127 Å². The Morgan fingerprint density at radius 2 is 1.77 bits per heavy atom. The fraction of sp³-hybridized carbons (Fsp3) is 0.320. The van der Waals surface area contributed by atoms with E-state index in [1.807, 2.05) is 36.4 Å². The third-order valence-electron chi connectivity index (χ3n) is 6.55. The molecule has 0 saturated heterocycles. The van der Waals surface area contributed by atoms with Crippen LogP contribution in [-0.4, -0.2) is 61.4 Å². The maximum absolute atomic E-state index is 12.9. The molecular weight excluding hydrogens is 450 g/mol. The Morgan fingerprint density at radius 3 is 2.43 bits per heavy atom. The summed E-state index contributed by atoms with van der Waals surface area (Å²) in [6.45, 7) is 1.98. The summed E-state index contributed by atoms with van der Waals surface area (Å²) in [5.41, 5.74) is 4.51. The van der Waals surface area contributed by atoms with Crippen LogP contribution in [-0.2, 0) is 27.4 Å². The summed E-state index contributed by atoms with van der Waals surface area (Å²) in [7, 11) is 0. The number of aliphatic carboxylic acids is 1. The molecule has 2 heterocycles. The summed E-state index contributed by atoms with van der Waals surface area (Å²) in [6, 6.07) is 14.6. The van der Waals surface area contributed by atoms with Crippen LogP contribution in [0.25, 0.3) is 11.1 Å². The normalized spacial score (nSPS) is 17.2. The van der Waals surface area contributed by atoms with E-state index in [1.54, 1.807) is 11.5 Å². The van der Waals surface area contributed by atoms with Crippen molar-refractivity contribution in [2.75, 3.05) is 6.61 Å². The number of carboxylic acid groups (broad SMARTS) is 1. The van der Waals surface area contributed by atoms with Gasteiger partial charge in [0.25, 0.3) is 0 Å². The summed E-state index contributed by atoms with van der Waals surface area (Å²) in [4.78, 5) is 38.4. The average Bonchev–Trinajstić information content (AvgIpc) is 3.43. The van der Waals surface area contributed by atoms with Crippen LogP contribution in [0.2, 0.25) is 0 Å². The number of ether oxygens (including phenoxy) is 1. The molecular formula is C25H25N5O5. The Balaban J connectivity index is 1.18. The molecule has 2 aliphatic rings. The van der Waals surface area contributed by atoms with E-state index in [0.29, 0.717) is 5.82 Å². The molecule has 0 spiro atoms. The van der Waals surface area contributed by atoms with Crippen molar-refractivity contribution in [3.05, 3.63) is 71.8 Å². The lowest BCUT2D eigenvalue weighted by molar-refractivity contribution is -0.153. The predicted molar refractivity (Wildman–Crippen MR) is 124 cm³/mol. The monoisotopic (exact) mass is 475 g/mol. The molecule has 10 nitrogen and oxygen atoms in total. The quantitative estimate of drug-likeness (QED) is 0.560. The van der Waals surface area contributed by atoms with Gasteiger partial charge in [0.2, 0.25) is 5.91 Å². The van der Waals surface area contributed by atoms with E-state index in [4.69, 9.17) is 4.74 Å². The third-order valence-corrected chi connectivity index (χ3v) is 6.55. The molecule has 10 heteroatoms. The minimum atomic E-state index is -1.10. The highest BCUT2D eigenvalue weighted by atomic mass is 16.5. The number of fused-ring (bicyclic) bond motifs is 4. The number of hydrogen-bond acceptors (Lipinski definition) is 6. The zero-order chi connectivity index (χ0) is 24.5. The lowest BCUT2D eigenvalue weighted by atomic mass is 9.98. The van der Waals surface area contributed by atoms with E-state index in [1.165, 1.54) is 11.2 Å². The highest BCUT2D eigenvalue weighted by Crippen LogP contribution is 2.44. The van der Waals surface area contributed by atoms with E-state index in [-0.39, 0.29) is 32.0 Å². The number of hydrogen-bond donors (Lipinski definition) is 2. The second-order valence-corrected chi connectivity index (χ2v) is 8.85. The third kappa shape index (κ3) is 4.34. The molecule has 180 valence electrons. The van der Waals surface area contributed by atoms with Crippen molar-refractivity contribution in [1.82, 2.24) is 25.0 Å². The summed E-state index contributed by atoms with van der Waals surface area (Å²) >= 11 is 0. The second-order valence-electron chi connectivity index (χ2n) is 8.85. The van der Waals surface area contributed by atoms with Crippen molar-refractivity contribution in [3.63, 3.8) is 0 Å². The Bertz CT molecular complexity index is 1240. The molecule has 2 atom stereocenters. The van der Waals surface area contributed by atoms with Gasteiger partial charge in [-0.05, 0) is 29.2 Å². The van der Waals surface area contributed by atoms with Crippen molar-refractivity contribution in [2.45, 2.75) is 44.4 Å². The first-order valence-corrected chi connectivity index (χ1v) is 11.4. The fourth-order valence-electron chi connectivity index (χ4n) is 4.85. The number of nitrogens with zero attached hydrogens (tertiary/aromatic N) is 4. The van der Waals surface area contributed by atoms with Gasteiger partial charge >= 0.3 is 12.1 Å². The number of rotatable bonds is 6. The maximum atomic E-state index is 12.9. The number of amides is 2. The summed E-state index contributed by atoms with van der Waals surface area (Å²) in [5.74, 6) is -1.03. The van der Waals surface area contributed by atoms with Crippen molar-refractivity contribution in [1.29, 1.82) is 0 Å². The first-order valence-electron chi connectivity index (χ1n) is 11.4. The number of alkyl carbamates (subject to hydrolysis) is 1. The van der Waals surface area contributed by atoms with Crippen LogP contribution >= 0.6 is 0 Å². The molecule has 2 amide bonds. The number of carbonyl (C=O) groups excluding carboxylic acids is 2. The van der Waals surface area contributed by atoms with Gasteiger partial charge in [-0.1, -0.05) is 48.5 Å². The summed E-state index contributed by atoms with van der Waals surface area (Å²) < 4.78 is 7.17. The summed E-state index contributed by atoms with van der Waals surface area (Å²) in [6.07, 6.45) is 0.761. The van der Waals surface area contributed by atoms with E-state index >= 15 is 0 Å². The zero-order valence-electron chi connectivity index (χ0n) is 19.1. The molecule has 1 aromatic heterocycles. The predicted octanol–water partition coefficient (Wildman–Crippen LogP) is 2.39. The Morgan fingerprint density at radius 1 is 1.11 bits per heavy atom.